The van der Waals surface area contributed by atoms with Crippen LogP contribution in [0.1, 0.15) is 78.2 Å². The Morgan fingerprint density at radius 1 is 1.03 bits per heavy atom. The first-order valence-corrected chi connectivity index (χ1v) is 20.0. The van der Waals surface area contributed by atoms with Crippen LogP contribution in [0.3, 0.4) is 0 Å². The standard InChI is InChI=1S/C39H53ClF5N7O7/c1-20(2)15-27-36(58)51(6)29(17-23-16-24(41)10-11-26(23)40)33(55)47-21(3)31(53)46-14-8-7-9-28(32(54)49-27)50(5)35(57)22(4)48-34(56)30-18-25(42)19-52(30)37(59)38(12-13-38)39(43,44)45/h10-11,16,20-22,25,27-30H,7-9,12-15,17-19H2,1-6H3,(H,46,53)(H,47,55)(H,48,56)(H,49,54)/t21-,22+,25-,27+,28+,29+,30+/m1/s1. The summed E-state index contributed by atoms with van der Waals surface area (Å²) >= 11 is 6.33. The van der Waals surface area contributed by atoms with E-state index < -0.39 is 127 Å². The molecule has 1 aromatic carbocycles. The molecule has 2 saturated heterocycles. The smallest absolute Gasteiger partial charge is 0.354 e. The number of halogens is 6. The Morgan fingerprint density at radius 2 is 1.69 bits per heavy atom. The number of amides is 7. The normalized spacial score (nSPS) is 26.5. The van der Waals surface area contributed by atoms with Gasteiger partial charge in [0.05, 0.1) is 6.54 Å². The number of nitrogens with zero attached hydrogens (tertiary/aromatic N) is 3. The Labute approximate surface area is 344 Å². The van der Waals surface area contributed by atoms with Crippen LogP contribution < -0.4 is 21.3 Å². The lowest BCUT2D eigenvalue weighted by Gasteiger charge is -2.35. The van der Waals surface area contributed by atoms with E-state index in [0.717, 1.165) is 21.9 Å². The highest BCUT2D eigenvalue weighted by atomic mass is 35.5. The maximum Gasteiger partial charge on any atom is 0.403 e. The van der Waals surface area contributed by atoms with E-state index in [1.54, 1.807) is 13.8 Å². The van der Waals surface area contributed by atoms with Crippen LogP contribution in [-0.4, -0.2) is 132 Å². The van der Waals surface area contributed by atoms with E-state index in [0.29, 0.717) is 11.3 Å². The van der Waals surface area contributed by atoms with E-state index in [9.17, 15) is 55.5 Å². The minimum atomic E-state index is -4.89. The molecule has 2 heterocycles. The highest BCUT2D eigenvalue weighted by Crippen LogP contribution is 2.59. The van der Waals surface area contributed by atoms with E-state index in [2.05, 4.69) is 21.3 Å². The van der Waals surface area contributed by atoms with Crippen LogP contribution in [0.25, 0.3) is 0 Å². The molecule has 3 fully saturated rings. The molecule has 1 aliphatic carbocycles. The third kappa shape index (κ3) is 11.2. The topological polar surface area (TPSA) is 177 Å². The van der Waals surface area contributed by atoms with Gasteiger partial charge in [0.2, 0.25) is 41.4 Å². The zero-order valence-electron chi connectivity index (χ0n) is 33.9. The first-order chi connectivity index (χ1) is 27.5. The summed E-state index contributed by atoms with van der Waals surface area (Å²) in [6.07, 6.45) is -7.75. The van der Waals surface area contributed by atoms with Crippen molar-refractivity contribution in [2.24, 2.45) is 11.3 Å². The van der Waals surface area contributed by atoms with Crippen molar-refractivity contribution in [2.75, 3.05) is 27.2 Å². The summed E-state index contributed by atoms with van der Waals surface area (Å²) in [6.45, 7) is 5.72. The molecule has 14 nitrogen and oxygen atoms in total. The van der Waals surface area contributed by atoms with E-state index in [1.165, 1.54) is 34.0 Å². The van der Waals surface area contributed by atoms with Gasteiger partial charge < -0.3 is 36.0 Å². The maximum atomic E-state index is 14.5. The van der Waals surface area contributed by atoms with Crippen LogP contribution in [0.2, 0.25) is 5.02 Å². The summed E-state index contributed by atoms with van der Waals surface area (Å²) in [5.41, 5.74) is -2.48. The zero-order valence-corrected chi connectivity index (χ0v) is 34.6. The van der Waals surface area contributed by atoms with Gasteiger partial charge in [-0.15, -0.1) is 0 Å². The third-order valence-corrected chi connectivity index (χ3v) is 11.5. The van der Waals surface area contributed by atoms with Crippen molar-refractivity contribution >= 4 is 53.0 Å². The van der Waals surface area contributed by atoms with Gasteiger partial charge in [0.15, 0.2) is 0 Å². The number of nitrogens with one attached hydrogen (secondary N) is 4. The molecule has 0 radical (unpaired) electrons. The molecule has 0 spiro atoms. The quantitative estimate of drug-likeness (QED) is 0.276. The molecule has 2 aliphatic heterocycles. The highest BCUT2D eigenvalue weighted by Gasteiger charge is 2.70. The predicted octanol–water partition coefficient (Wildman–Crippen LogP) is 2.80. The molecule has 3 aliphatic rings. The minimum absolute atomic E-state index is 0.0178. The molecule has 0 aromatic heterocycles. The van der Waals surface area contributed by atoms with E-state index in [-0.39, 0.29) is 48.7 Å². The highest BCUT2D eigenvalue weighted by molar-refractivity contribution is 6.31. The molecule has 0 bridgehead atoms. The van der Waals surface area contributed by atoms with Crippen LogP contribution >= 0.6 is 11.6 Å². The van der Waals surface area contributed by atoms with Crippen LogP contribution in [0.5, 0.6) is 0 Å². The summed E-state index contributed by atoms with van der Waals surface area (Å²) in [5.74, 6) is -6.83. The van der Waals surface area contributed by atoms with E-state index in [1.807, 2.05) is 0 Å². The lowest BCUT2D eigenvalue weighted by Crippen LogP contribution is -2.60. The number of hydrogen-bond acceptors (Lipinski definition) is 7. The molecule has 4 N–H and O–H groups in total. The number of carbonyl (C=O) groups is 7. The number of likely N-dealkylation sites (N-methyl/N-ethyl adjacent to an activating group) is 2. The minimum Gasteiger partial charge on any atom is -0.354 e. The van der Waals surface area contributed by atoms with E-state index >= 15 is 0 Å². The van der Waals surface area contributed by atoms with Crippen molar-refractivity contribution in [1.29, 1.82) is 0 Å². The van der Waals surface area contributed by atoms with Gasteiger partial charge in [-0.25, -0.2) is 8.78 Å². The monoisotopic (exact) mass is 861 g/mol. The first-order valence-electron chi connectivity index (χ1n) is 19.7. The van der Waals surface area contributed by atoms with Crippen LogP contribution in [0.15, 0.2) is 18.2 Å². The lowest BCUT2D eigenvalue weighted by molar-refractivity contribution is -0.199. The second-order valence-corrected chi connectivity index (χ2v) is 16.6. The summed E-state index contributed by atoms with van der Waals surface area (Å²) in [4.78, 5) is 98.0. The summed E-state index contributed by atoms with van der Waals surface area (Å²) in [6, 6.07) is -4.34. The second-order valence-electron chi connectivity index (χ2n) is 16.2. The van der Waals surface area contributed by atoms with Crippen LogP contribution in [0.4, 0.5) is 22.0 Å². The summed E-state index contributed by atoms with van der Waals surface area (Å²) in [5, 5.41) is 10.5. The predicted molar refractivity (Wildman–Crippen MR) is 204 cm³/mol. The molecule has 59 heavy (non-hydrogen) atoms. The van der Waals surface area contributed by atoms with Crippen molar-refractivity contribution in [2.45, 2.75) is 128 Å². The van der Waals surface area contributed by atoms with Gasteiger partial charge in [-0.2, -0.15) is 13.2 Å². The molecule has 4 rings (SSSR count). The molecule has 20 heteroatoms. The van der Waals surface area contributed by atoms with Crippen molar-refractivity contribution in [1.82, 2.24) is 36.0 Å². The van der Waals surface area contributed by atoms with Crippen molar-refractivity contribution in [3.63, 3.8) is 0 Å². The molecular formula is C39H53ClF5N7O7. The fourth-order valence-electron chi connectivity index (χ4n) is 7.48. The molecule has 7 atom stereocenters. The van der Waals surface area contributed by atoms with Crippen LogP contribution in [-0.2, 0) is 40.0 Å². The Morgan fingerprint density at radius 3 is 2.31 bits per heavy atom. The van der Waals surface area contributed by atoms with Gasteiger partial charge in [0.25, 0.3) is 0 Å². The Balaban J connectivity index is 1.58. The van der Waals surface area contributed by atoms with Crippen molar-refractivity contribution < 1.29 is 55.5 Å². The van der Waals surface area contributed by atoms with Gasteiger partial charge in [-0.3, -0.25) is 33.6 Å². The number of benzene rings is 1. The number of alkyl halides is 4. The lowest BCUT2D eigenvalue weighted by atomic mass is 9.98. The van der Waals surface area contributed by atoms with Gasteiger partial charge in [-0.1, -0.05) is 25.4 Å². The zero-order chi connectivity index (χ0) is 44.1. The van der Waals surface area contributed by atoms with Crippen molar-refractivity contribution in [3.8, 4) is 0 Å². The Bertz CT molecular complexity index is 1780. The fraction of sp³-hybridized carbons (Fsp3) is 0.667. The first kappa shape index (κ1) is 47.1. The Kier molecular flexibility index (Phi) is 15.4. The molecule has 1 saturated carbocycles. The number of hydrogen-bond donors (Lipinski definition) is 4. The molecule has 7 amide bonds. The Hall–Kier alpha value is -4.55. The largest absolute Gasteiger partial charge is 0.403 e. The molecule has 1 aromatic rings. The SMILES string of the molecule is CC(C)C[C@@H]1NC(=O)[C@@H](N(C)C(=O)[C@H](C)NC(=O)[C@@H]2C[C@@H](F)CN2C(=O)C2(C(F)(F)F)CC2)CCCCNC(=O)[C@@H](C)NC(=O)[C@H](Cc2cc(F)ccc2Cl)N(C)C1=O. The maximum absolute atomic E-state index is 14.5. The molecule has 328 valence electrons. The third-order valence-electron chi connectivity index (χ3n) is 11.2. The summed E-state index contributed by atoms with van der Waals surface area (Å²) in [7, 11) is 2.61. The van der Waals surface area contributed by atoms with Gasteiger partial charge >= 0.3 is 6.18 Å². The number of likely N-dealkylation sites (tertiary alicyclic amines) is 1. The second kappa shape index (κ2) is 19.2. The van der Waals surface area contributed by atoms with Crippen molar-refractivity contribution in [3.05, 3.63) is 34.6 Å². The van der Waals surface area contributed by atoms with E-state index in [4.69, 9.17) is 11.6 Å². The summed E-state index contributed by atoms with van der Waals surface area (Å²) < 4.78 is 70.1. The molecule has 0 unspecified atom stereocenters. The van der Waals surface area contributed by atoms with Gasteiger partial charge in [-0.05, 0) is 82.1 Å². The molecular weight excluding hydrogens is 809 g/mol. The number of carbonyl (C=O) groups excluding carboxylic acids is 7. The average molecular weight is 862 g/mol. The van der Waals surface area contributed by atoms with Crippen LogP contribution in [0, 0.1) is 17.2 Å². The van der Waals surface area contributed by atoms with Gasteiger partial charge in [0, 0.05) is 38.5 Å². The fourth-order valence-corrected chi connectivity index (χ4v) is 7.68. The average Bonchev–Trinajstić information content (AvgIpc) is 3.90. The van der Waals surface area contributed by atoms with Gasteiger partial charge in [0.1, 0.15) is 53.7 Å². The number of rotatable bonds is 9.